The van der Waals surface area contributed by atoms with E-state index in [9.17, 15) is 9.59 Å². The molecule has 1 aromatic heterocycles. The maximum Gasteiger partial charge on any atom is 0.323 e. The van der Waals surface area contributed by atoms with Crippen LogP contribution in [0.5, 0.6) is 0 Å². The molecule has 248 valence electrons. The lowest BCUT2D eigenvalue weighted by molar-refractivity contribution is -0.149. The Hall–Kier alpha value is -3.20. The maximum absolute atomic E-state index is 13.1. The molecule has 1 unspecified atom stereocenters. The molecular weight excluding hydrogens is 588 g/mol. The Labute approximate surface area is 273 Å². The molecule has 1 amide bonds. The quantitative estimate of drug-likeness (QED) is 0.322. The monoisotopic (exact) mass is 640 g/mol. The van der Waals surface area contributed by atoms with E-state index in [1.165, 1.54) is 25.9 Å². The average molecular weight is 641 g/mol. The largest absolute Gasteiger partial charge is 0.462 e. The number of likely N-dealkylation sites (N-methyl/N-ethyl adjacent to an activating group) is 1. The minimum atomic E-state index is -0.158. The normalized spacial score (nSPS) is 18.4. The van der Waals surface area contributed by atoms with Gasteiger partial charge in [0.1, 0.15) is 12.8 Å². The number of hydrogen-bond acceptors (Lipinski definition) is 9. The van der Waals surface area contributed by atoms with Gasteiger partial charge in [0.25, 0.3) is 0 Å². The van der Waals surface area contributed by atoms with E-state index in [1.807, 2.05) is 55.7 Å². The number of aromatic nitrogens is 2. The van der Waals surface area contributed by atoms with Crippen LogP contribution in [0.4, 0.5) is 0 Å². The summed E-state index contributed by atoms with van der Waals surface area (Å²) in [4.78, 5) is 41.5. The molecule has 11 heteroatoms. The minimum Gasteiger partial charge on any atom is -0.462 e. The number of benzene rings is 1. The van der Waals surface area contributed by atoms with Gasteiger partial charge in [-0.05, 0) is 88.7 Å². The number of hydrogen-bond donors (Lipinski definition) is 1. The van der Waals surface area contributed by atoms with Gasteiger partial charge in [-0.3, -0.25) is 9.59 Å². The zero-order valence-electron chi connectivity index (χ0n) is 27.7. The van der Waals surface area contributed by atoms with Gasteiger partial charge in [-0.15, -0.1) is 0 Å². The van der Waals surface area contributed by atoms with Crippen molar-refractivity contribution in [2.45, 2.75) is 84.0 Å². The van der Waals surface area contributed by atoms with Crippen molar-refractivity contribution in [2.75, 3.05) is 45.2 Å². The smallest absolute Gasteiger partial charge is 0.323 e. The Kier molecular flexibility index (Phi) is 17.5. The third-order valence-electron chi connectivity index (χ3n) is 8.28. The Balaban J connectivity index is 0.000000398. The van der Waals surface area contributed by atoms with Crippen molar-refractivity contribution < 1.29 is 19.1 Å². The molecule has 0 spiro atoms. The number of nitrogens with zero attached hydrogens (tertiary/aromatic N) is 5. The van der Waals surface area contributed by atoms with Crippen molar-refractivity contribution in [3.05, 3.63) is 53.6 Å². The van der Waals surface area contributed by atoms with E-state index in [0.29, 0.717) is 24.6 Å². The molecule has 2 aliphatic rings. The lowest BCUT2D eigenvalue weighted by atomic mass is 10.1. The van der Waals surface area contributed by atoms with Crippen molar-refractivity contribution in [3.63, 3.8) is 0 Å². The molecule has 2 fully saturated rings. The molecule has 0 aliphatic carbocycles. The van der Waals surface area contributed by atoms with Crippen LogP contribution in [-0.4, -0.2) is 101 Å². The Morgan fingerprint density at radius 3 is 2.53 bits per heavy atom. The first kappa shape index (κ1) is 38.0. The number of imidazole rings is 1. The lowest BCUT2D eigenvalue weighted by Gasteiger charge is -2.29. The number of amides is 1. The van der Waals surface area contributed by atoms with Crippen LogP contribution in [0.25, 0.3) is 0 Å². The highest BCUT2D eigenvalue weighted by atomic mass is 32.2. The number of esters is 1. The van der Waals surface area contributed by atoms with E-state index in [1.54, 1.807) is 31.3 Å². The second kappa shape index (κ2) is 20.8. The summed E-state index contributed by atoms with van der Waals surface area (Å²) in [5, 5.41) is 11.9. The molecule has 4 rings (SSSR count). The highest BCUT2D eigenvalue weighted by Gasteiger charge is 2.32. The fourth-order valence-electron chi connectivity index (χ4n) is 5.77. The summed E-state index contributed by atoms with van der Waals surface area (Å²) in [6, 6.07) is 9.91. The van der Waals surface area contributed by atoms with E-state index >= 15 is 0 Å². The topological polar surface area (TPSA) is 121 Å². The van der Waals surface area contributed by atoms with Crippen molar-refractivity contribution in [3.8, 4) is 6.07 Å². The van der Waals surface area contributed by atoms with Crippen LogP contribution in [0.3, 0.4) is 0 Å². The highest BCUT2D eigenvalue weighted by molar-refractivity contribution is 7.98. The van der Waals surface area contributed by atoms with Gasteiger partial charge >= 0.3 is 5.97 Å². The molecular formula is C34H52N6O4S. The van der Waals surface area contributed by atoms with Gasteiger partial charge in [-0.2, -0.15) is 17.0 Å². The summed E-state index contributed by atoms with van der Waals surface area (Å²) in [7, 11) is 1.78. The van der Waals surface area contributed by atoms with Crippen LogP contribution >= 0.6 is 11.8 Å². The van der Waals surface area contributed by atoms with Crippen molar-refractivity contribution >= 4 is 30.4 Å². The van der Waals surface area contributed by atoms with E-state index < -0.39 is 0 Å². The van der Waals surface area contributed by atoms with Crippen molar-refractivity contribution in [1.29, 1.82) is 5.26 Å². The molecule has 2 aliphatic heterocycles. The molecule has 1 aromatic carbocycles. The van der Waals surface area contributed by atoms with Crippen LogP contribution in [0.2, 0.25) is 0 Å². The second-order valence-electron chi connectivity index (χ2n) is 11.8. The van der Waals surface area contributed by atoms with Crippen LogP contribution in [-0.2, 0) is 32.1 Å². The fourth-order valence-corrected chi connectivity index (χ4v) is 6.24. The first-order chi connectivity index (χ1) is 21.8. The van der Waals surface area contributed by atoms with Gasteiger partial charge in [0.15, 0.2) is 0 Å². The Bertz CT molecular complexity index is 1200. The standard InChI is InChI=1S/C24H31N5O.C9H19NO2S.CH2O/c1-2-19-9-11-27(15-19)17-22-4-3-10-29(22)24(30)12-23-14-26-18-28(23)16-21-7-5-20(13-25)6-8-21;1-7(2)12-9(11)8(10-3)5-6-13-4;1-2/h5-8,14,18-19,22H,2-4,9-12,15-17H2,1H3;7-8,10H,5-6H2,1-4H3;1H2/t19-,22?;8-;/m00./s1. The van der Waals surface area contributed by atoms with E-state index in [0.717, 1.165) is 55.3 Å². The number of nitrogens with one attached hydrogen (secondary N) is 1. The van der Waals surface area contributed by atoms with E-state index in [2.05, 4.69) is 33.1 Å². The van der Waals surface area contributed by atoms with Gasteiger partial charge in [0.2, 0.25) is 5.91 Å². The highest BCUT2D eigenvalue weighted by Crippen LogP contribution is 2.24. The number of carbonyl (C=O) groups excluding carboxylic acids is 3. The number of rotatable bonds is 13. The molecule has 3 heterocycles. The summed E-state index contributed by atoms with van der Waals surface area (Å²) in [5.41, 5.74) is 2.70. The van der Waals surface area contributed by atoms with Crippen LogP contribution in [0.1, 0.15) is 69.7 Å². The fraction of sp³-hybridized carbons (Fsp3) is 0.618. The third kappa shape index (κ3) is 12.6. The van der Waals surface area contributed by atoms with Gasteiger partial charge in [0, 0.05) is 44.1 Å². The van der Waals surface area contributed by atoms with Gasteiger partial charge in [0.05, 0.1) is 30.5 Å². The summed E-state index contributed by atoms with van der Waals surface area (Å²) in [6.07, 6.45) is 11.6. The number of thioether (sulfide) groups is 1. The van der Waals surface area contributed by atoms with Crippen LogP contribution < -0.4 is 5.32 Å². The molecule has 0 bridgehead atoms. The number of carbonyl (C=O) groups is 3. The molecule has 45 heavy (non-hydrogen) atoms. The Morgan fingerprint density at radius 2 is 1.93 bits per heavy atom. The van der Waals surface area contributed by atoms with Gasteiger partial charge in [-0.25, -0.2) is 4.98 Å². The van der Waals surface area contributed by atoms with Crippen molar-refractivity contribution in [2.24, 2.45) is 5.92 Å². The summed E-state index contributed by atoms with van der Waals surface area (Å²) in [5.74, 6) is 1.86. The summed E-state index contributed by atoms with van der Waals surface area (Å²) >= 11 is 1.73. The Morgan fingerprint density at radius 1 is 1.20 bits per heavy atom. The number of ether oxygens (including phenoxy) is 1. The zero-order valence-corrected chi connectivity index (χ0v) is 28.6. The summed E-state index contributed by atoms with van der Waals surface area (Å²) < 4.78 is 7.13. The van der Waals surface area contributed by atoms with Gasteiger partial charge < -0.3 is 29.2 Å². The molecule has 1 N–H and O–H groups in total. The predicted octanol–water partition coefficient (Wildman–Crippen LogP) is 4.16. The second-order valence-corrected chi connectivity index (χ2v) is 12.8. The summed E-state index contributed by atoms with van der Waals surface area (Å²) in [6.45, 7) is 12.9. The average Bonchev–Trinajstić information content (AvgIpc) is 3.81. The van der Waals surface area contributed by atoms with E-state index in [4.69, 9.17) is 14.8 Å². The van der Waals surface area contributed by atoms with Crippen LogP contribution in [0.15, 0.2) is 36.8 Å². The minimum absolute atomic E-state index is 0.0300. The lowest BCUT2D eigenvalue weighted by Crippen LogP contribution is -2.43. The van der Waals surface area contributed by atoms with Gasteiger partial charge in [-0.1, -0.05) is 25.5 Å². The SMILES string of the molecule is C=O.CC[C@H]1CCN(CC2CCCN2C(=O)Cc2cncn2Cc2ccc(C#N)cc2)C1.CN[C@@H](CCSC)C(=O)OC(C)C. The van der Waals surface area contributed by atoms with Crippen molar-refractivity contribution in [1.82, 2.24) is 24.7 Å². The van der Waals surface area contributed by atoms with Crippen LogP contribution in [0, 0.1) is 17.2 Å². The zero-order chi connectivity index (χ0) is 33.2. The number of nitriles is 1. The maximum atomic E-state index is 13.1. The molecule has 2 saturated heterocycles. The number of likely N-dealkylation sites (tertiary alicyclic amines) is 2. The molecule has 3 atom stereocenters. The third-order valence-corrected chi connectivity index (χ3v) is 8.92. The molecule has 2 aromatic rings. The molecule has 0 radical (unpaired) electrons. The predicted molar refractivity (Wildman–Crippen MR) is 180 cm³/mol. The first-order valence-electron chi connectivity index (χ1n) is 15.9. The molecule has 10 nitrogen and oxygen atoms in total. The first-order valence-corrected chi connectivity index (χ1v) is 17.3. The molecule has 0 saturated carbocycles. The van der Waals surface area contributed by atoms with E-state index in [-0.39, 0.29) is 24.0 Å².